The van der Waals surface area contributed by atoms with Gasteiger partial charge in [-0.05, 0) is 7.05 Å². The molecule has 0 rings (SSSR count). The summed E-state index contributed by atoms with van der Waals surface area (Å²) in [5.74, 6) is 0. The molecule has 0 saturated carbocycles. The SMILES string of the molecule is CNP.[H-].[K+]. The van der Waals surface area contributed by atoms with Gasteiger partial charge in [0.2, 0.25) is 0 Å². The molecule has 0 aliphatic carbocycles. The Morgan fingerprint density at radius 2 is 2.00 bits per heavy atom. The zero-order valence-electron chi connectivity index (χ0n) is 4.08. The van der Waals surface area contributed by atoms with Crippen molar-refractivity contribution in [2.24, 2.45) is 0 Å². The van der Waals surface area contributed by atoms with E-state index in [-0.39, 0.29) is 52.8 Å². The van der Waals surface area contributed by atoms with Crippen LogP contribution in [0.1, 0.15) is 1.43 Å². The van der Waals surface area contributed by atoms with Gasteiger partial charge in [0.25, 0.3) is 0 Å². The molecule has 0 aromatic rings. The molecule has 0 radical (unpaired) electrons. The molecule has 0 aliphatic heterocycles. The molecule has 0 heterocycles. The molecule has 0 bridgehead atoms. The number of hydrogen-bond acceptors (Lipinski definition) is 1. The van der Waals surface area contributed by atoms with E-state index in [2.05, 4.69) is 14.5 Å². The normalized spacial score (nSPS) is 4.50. The molecular weight excluding hydrogens is 96.1 g/mol. The molecule has 0 saturated heterocycles. The van der Waals surface area contributed by atoms with E-state index in [9.17, 15) is 0 Å². The Balaban J connectivity index is -0.0000000200. The summed E-state index contributed by atoms with van der Waals surface area (Å²) in [4.78, 5) is 0. The first-order chi connectivity index (χ1) is 1.41. The van der Waals surface area contributed by atoms with Gasteiger partial charge in [-0.15, -0.1) is 0 Å². The molecule has 0 amide bonds. The van der Waals surface area contributed by atoms with Crippen LogP contribution in [0.15, 0.2) is 0 Å². The monoisotopic (exact) mass is 103 g/mol. The predicted molar refractivity (Wildman–Crippen MR) is 19.9 cm³/mol. The summed E-state index contributed by atoms with van der Waals surface area (Å²) in [7, 11) is 4.17. The average molecular weight is 103 g/mol. The van der Waals surface area contributed by atoms with Gasteiger partial charge in [0.15, 0.2) is 0 Å². The van der Waals surface area contributed by atoms with Gasteiger partial charge in [0, 0.05) is 0 Å². The topological polar surface area (TPSA) is 12.0 Å². The van der Waals surface area contributed by atoms with E-state index in [1.165, 1.54) is 0 Å². The summed E-state index contributed by atoms with van der Waals surface area (Å²) < 4.78 is 0. The molecule has 3 heteroatoms. The maximum Gasteiger partial charge on any atom is 1.00 e. The first-order valence-electron chi connectivity index (χ1n) is 0.789. The minimum absolute atomic E-state index is 0. The van der Waals surface area contributed by atoms with Crippen LogP contribution < -0.4 is 56.5 Å². The van der Waals surface area contributed by atoms with Crippen LogP contribution in [0.3, 0.4) is 0 Å². The van der Waals surface area contributed by atoms with Gasteiger partial charge in [-0.3, -0.25) is 0 Å². The molecule has 0 aromatic carbocycles. The van der Waals surface area contributed by atoms with Gasteiger partial charge in [0.1, 0.15) is 0 Å². The van der Waals surface area contributed by atoms with Crippen LogP contribution in [0.4, 0.5) is 0 Å². The van der Waals surface area contributed by atoms with Gasteiger partial charge in [-0.2, -0.15) is 0 Å². The second-order valence-corrected chi connectivity index (χ2v) is 0.866. The van der Waals surface area contributed by atoms with Crippen LogP contribution in [0.5, 0.6) is 0 Å². The van der Waals surface area contributed by atoms with Gasteiger partial charge < -0.3 is 6.51 Å². The van der Waals surface area contributed by atoms with Crippen molar-refractivity contribution in [2.45, 2.75) is 0 Å². The fourth-order valence-electron chi connectivity index (χ4n) is 0. The van der Waals surface area contributed by atoms with Crippen LogP contribution in [0.2, 0.25) is 0 Å². The minimum Gasteiger partial charge on any atom is -1.00 e. The molecule has 4 heavy (non-hydrogen) atoms. The van der Waals surface area contributed by atoms with Crippen molar-refractivity contribution in [2.75, 3.05) is 7.05 Å². The van der Waals surface area contributed by atoms with E-state index in [1.807, 2.05) is 7.05 Å². The third-order valence-corrected chi connectivity index (χ3v) is 0. The molecule has 1 unspecified atom stereocenters. The van der Waals surface area contributed by atoms with Crippen LogP contribution >= 0.6 is 9.39 Å². The number of rotatable bonds is 0. The number of hydrogen-bond donors (Lipinski definition) is 1. The van der Waals surface area contributed by atoms with Crippen molar-refractivity contribution in [3.8, 4) is 0 Å². The molecule has 1 nitrogen and oxygen atoms in total. The summed E-state index contributed by atoms with van der Waals surface area (Å²) in [5, 5.41) is 2.67. The van der Waals surface area contributed by atoms with Crippen molar-refractivity contribution in [1.82, 2.24) is 5.09 Å². The van der Waals surface area contributed by atoms with Crippen molar-refractivity contribution in [3.05, 3.63) is 0 Å². The number of nitrogens with one attached hydrogen (secondary N) is 1. The van der Waals surface area contributed by atoms with Gasteiger partial charge in [-0.25, -0.2) is 0 Å². The summed E-state index contributed by atoms with van der Waals surface area (Å²) in [6, 6.07) is 0. The molecule has 0 spiro atoms. The smallest absolute Gasteiger partial charge is 1.00 e. The average Bonchev–Trinajstić information content (AvgIpc) is 0.918. The second kappa shape index (κ2) is 8.90. The van der Waals surface area contributed by atoms with Crippen LogP contribution in [-0.2, 0) is 0 Å². The fourth-order valence-corrected chi connectivity index (χ4v) is 0. The molecule has 0 fully saturated rings. The Morgan fingerprint density at radius 1 is 2.00 bits per heavy atom. The van der Waals surface area contributed by atoms with Crippen molar-refractivity contribution in [3.63, 3.8) is 0 Å². The van der Waals surface area contributed by atoms with Gasteiger partial charge in [-0.1, -0.05) is 9.39 Å². The van der Waals surface area contributed by atoms with E-state index >= 15 is 0 Å². The largest absolute Gasteiger partial charge is 1.00 e. The van der Waals surface area contributed by atoms with Crippen LogP contribution in [0, 0.1) is 0 Å². The Labute approximate surface area is 73.1 Å². The van der Waals surface area contributed by atoms with E-state index in [4.69, 9.17) is 0 Å². The standard InChI is InChI=1S/CH6NP.K.H/c1-2-3;;/h2H,3H2,1H3;;/q;+1;-1. The van der Waals surface area contributed by atoms with Crippen LogP contribution in [0.25, 0.3) is 0 Å². The Bertz CT molecular complexity index is 11.6. The van der Waals surface area contributed by atoms with E-state index in [0.29, 0.717) is 0 Å². The zero-order chi connectivity index (χ0) is 2.71. The van der Waals surface area contributed by atoms with E-state index < -0.39 is 0 Å². The molecule has 22 valence electrons. The van der Waals surface area contributed by atoms with Crippen molar-refractivity contribution < 1.29 is 52.8 Å². The van der Waals surface area contributed by atoms with E-state index in [0.717, 1.165) is 0 Å². The minimum atomic E-state index is 0. The Morgan fingerprint density at radius 3 is 2.00 bits per heavy atom. The Kier molecular flexibility index (Phi) is 20.9. The summed E-state index contributed by atoms with van der Waals surface area (Å²) in [6.07, 6.45) is 0. The van der Waals surface area contributed by atoms with Crippen molar-refractivity contribution in [1.29, 1.82) is 0 Å². The summed E-state index contributed by atoms with van der Waals surface area (Å²) >= 11 is 0. The Hall–Kier alpha value is 2.03. The summed E-state index contributed by atoms with van der Waals surface area (Å²) in [5.41, 5.74) is 0. The molecule has 1 atom stereocenters. The van der Waals surface area contributed by atoms with E-state index in [1.54, 1.807) is 0 Å². The zero-order valence-corrected chi connectivity index (χ0v) is 7.36. The predicted octanol–water partition coefficient (Wildman–Crippen LogP) is -2.89. The third kappa shape index (κ3) is 8.98. The quantitative estimate of drug-likeness (QED) is 0.256. The molecule has 0 aromatic heterocycles. The first kappa shape index (κ1) is 9.39. The van der Waals surface area contributed by atoms with Gasteiger partial charge >= 0.3 is 51.4 Å². The second-order valence-electron chi connectivity index (χ2n) is 0.289. The molecule has 0 aliphatic rings. The molecular formula is CH7KNP. The maximum atomic E-state index is 2.67. The van der Waals surface area contributed by atoms with Crippen LogP contribution in [-0.4, -0.2) is 7.05 Å². The summed E-state index contributed by atoms with van der Waals surface area (Å²) in [6.45, 7) is 0. The third-order valence-electron chi connectivity index (χ3n) is 0. The van der Waals surface area contributed by atoms with Crippen molar-refractivity contribution >= 4 is 9.39 Å². The molecule has 1 N–H and O–H groups in total. The maximum absolute atomic E-state index is 2.67. The first-order valence-corrected chi connectivity index (χ1v) is 1.37. The van der Waals surface area contributed by atoms with Gasteiger partial charge in [0.05, 0.1) is 0 Å². The fraction of sp³-hybridized carbons (Fsp3) is 1.00.